The van der Waals surface area contributed by atoms with Crippen molar-refractivity contribution >= 4 is 23.2 Å². The van der Waals surface area contributed by atoms with Crippen LogP contribution in [0.25, 0.3) is 11.3 Å². The fourth-order valence-corrected chi connectivity index (χ4v) is 2.55. The van der Waals surface area contributed by atoms with Gasteiger partial charge in [-0.2, -0.15) is 5.26 Å². The zero-order chi connectivity index (χ0) is 14.7. The Balaban J connectivity index is 2.71. The molecule has 20 heavy (non-hydrogen) atoms. The molecule has 0 radical (unpaired) electrons. The van der Waals surface area contributed by atoms with Crippen LogP contribution in [0.3, 0.4) is 0 Å². The minimum atomic E-state index is -0.294. The molecule has 0 bridgehead atoms. The maximum Gasteiger partial charge on any atom is 0.268 e. The van der Waals surface area contributed by atoms with Crippen molar-refractivity contribution in [2.45, 2.75) is 19.9 Å². The highest BCUT2D eigenvalue weighted by molar-refractivity contribution is 6.36. The highest BCUT2D eigenvalue weighted by Crippen LogP contribution is 2.29. The van der Waals surface area contributed by atoms with Gasteiger partial charge in [-0.1, -0.05) is 30.1 Å². The van der Waals surface area contributed by atoms with Crippen molar-refractivity contribution in [2.24, 2.45) is 0 Å². The molecule has 0 saturated heterocycles. The first-order valence-corrected chi connectivity index (χ1v) is 6.93. The van der Waals surface area contributed by atoms with E-state index >= 15 is 0 Å². The summed E-state index contributed by atoms with van der Waals surface area (Å²) in [5, 5.41) is 9.97. The van der Waals surface area contributed by atoms with Crippen LogP contribution in [-0.4, -0.2) is 4.57 Å². The molecule has 0 saturated carbocycles. The van der Waals surface area contributed by atoms with Gasteiger partial charge in [0.2, 0.25) is 0 Å². The standard InChI is InChI=1S/C15H12Cl2N2O/c1-2-7-19-14(6-3-10(9-18)15(19)20)12-5-4-11(16)8-13(12)17/h3-6,8H,2,7H2,1H3. The van der Waals surface area contributed by atoms with Gasteiger partial charge in [0, 0.05) is 17.1 Å². The monoisotopic (exact) mass is 306 g/mol. The molecule has 0 aliphatic heterocycles. The van der Waals surface area contributed by atoms with E-state index in [1.165, 1.54) is 6.07 Å². The number of aromatic nitrogens is 1. The van der Waals surface area contributed by atoms with Gasteiger partial charge in [-0.05, 0) is 36.8 Å². The highest BCUT2D eigenvalue weighted by atomic mass is 35.5. The molecule has 2 rings (SSSR count). The van der Waals surface area contributed by atoms with Gasteiger partial charge in [-0.25, -0.2) is 0 Å². The summed E-state index contributed by atoms with van der Waals surface area (Å²) in [7, 11) is 0. The maximum atomic E-state index is 12.2. The van der Waals surface area contributed by atoms with Crippen LogP contribution in [0, 0.1) is 11.3 Å². The summed E-state index contributed by atoms with van der Waals surface area (Å²) in [6, 6.07) is 10.3. The van der Waals surface area contributed by atoms with E-state index in [0.717, 1.165) is 12.0 Å². The van der Waals surface area contributed by atoms with Crippen molar-refractivity contribution in [1.29, 1.82) is 5.26 Å². The zero-order valence-corrected chi connectivity index (χ0v) is 12.4. The third kappa shape index (κ3) is 2.72. The van der Waals surface area contributed by atoms with Gasteiger partial charge >= 0.3 is 0 Å². The lowest BCUT2D eigenvalue weighted by Gasteiger charge is -2.13. The van der Waals surface area contributed by atoms with Gasteiger partial charge in [-0.3, -0.25) is 4.79 Å². The third-order valence-electron chi connectivity index (χ3n) is 2.95. The molecular formula is C15H12Cl2N2O. The van der Waals surface area contributed by atoms with Crippen LogP contribution >= 0.6 is 23.2 Å². The van der Waals surface area contributed by atoms with Crippen molar-refractivity contribution in [3.8, 4) is 17.3 Å². The Hall–Kier alpha value is -1.76. The van der Waals surface area contributed by atoms with Gasteiger partial charge in [0.05, 0.1) is 10.7 Å². The van der Waals surface area contributed by atoms with E-state index in [1.807, 2.05) is 13.0 Å². The smallest absolute Gasteiger partial charge is 0.268 e. The molecule has 0 aliphatic rings. The molecule has 0 fully saturated rings. The Morgan fingerprint density at radius 1 is 1.25 bits per heavy atom. The Morgan fingerprint density at radius 3 is 2.60 bits per heavy atom. The first-order valence-electron chi connectivity index (χ1n) is 6.17. The Bertz CT molecular complexity index is 745. The largest absolute Gasteiger partial charge is 0.307 e. The average molecular weight is 307 g/mol. The topological polar surface area (TPSA) is 45.8 Å². The number of nitrogens with zero attached hydrogens (tertiary/aromatic N) is 2. The molecule has 1 aromatic heterocycles. The molecule has 0 spiro atoms. The summed E-state index contributed by atoms with van der Waals surface area (Å²) >= 11 is 12.1. The van der Waals surface area contributed by atoms with Gasteiger partial charge < -0.3 is 4.57 Å². The van der Waals surface area contributed by atoms with Crippen LogP contribution in [0.5, 0.6) is 0 Å². The van der Waals surface area contributed by atoms with E-state index < -0.39 is 0 Å². The van der Waals surface area contributed by atoms with Crippen molar-refractivity contribution in [2.75, 3.05) is 0 Å². The number of benzene rings is 1. The lowest BCUT2D eigenvalue weighted by molar-refractivity contribution is 0.659. The minimum Gasteiger partial charge on any atom is -0.307 e. The molecule has 2 aromatic rings. The van der Waals surface area contributed by atoms with Crippen LogP contribution in [0.4, 0.5) is 0 Å². The molecule has 0 atom stereocenters. The van der Waals surface area contributed by atoms with Crippen molar-refractivity contribution in [1.82, 2.24) is 4.57 Å². The van der Waals surface area contributed by atoms with E-state index in [2.05, 4.69) is 0 Å². The van der Waals surface area contributed by atoms with Crippen LogP contribution in [0.15, 0.2) is 35.1 Å². The van der Waals surface area contributed by atoms with Gasteiger partial charge in [0.1, 0.15) is 11.6 Å². The molecule has 1 aromatic carbocycles. The van der Waals surface area contributed by atoms with Gasteiger partial charge in [0.25, 0.3) is 5.56 Å². The predicted octanol–water partition coefficient (Wildman–Crippen LogP) is 4.10. The second-order valence-electron chi connectivity index (χ2n) is 4.33. The fourth-order valence-electron chi connectivity index (χ4n) is 2.04. The van der Waals surface area contributed by atoms with E-state index in [1.54, 1.807) is 28.8 Å². The SMILES string of the molecule is CCCn1c(-c2ccc(Cl)cc2Cl)ccc(C#N)c1=O. The fraction of sp³-hybridized carbons (Fsp3) is 0.200. The van der Waals surface area contributed by atoms with Crippen LogP contribution in [0.1, 0.15) is 18.9 Å². The quantitative estimate of drug-likeness (QED) is 0.857. The van der Waals surface area contributed by atoms with E-state index in [9.17, 15) is 4.79 Å². The van der Waals surface area contributed by atoms with Crippen molar-refractivity contribution < 1.29 is 0 Å². The highest BCUT2D eigenvalue weighted by Gasteiger charge is 2.12. The molecular weight excluding hydrogens is 295 g/mol. The van der Waals surface area contributed by atoms with E-state index in [0.29, 0.717) is 22.3 Å². The number of hydrogen-bond acceptors (Lipinski definition) is 2. The van der Waals surface area contributed by atoms with E-state index in [-0.39, 0.29) is 11.1 Å². The minimum absolute atomic E-state index is 0.132. The Kier molecular flexibility index (Phi) is 4.49. The lowest BCUT2D eigenvalue weighted by atomic mass is 10.1. The molecule has 3 nitrogen and oxygen atoms in total. The molecule has 0 N–H and O–H groups in total. The zero-order valence-electron chi connectivity index (χ0n) is 10.9. The summed E-state index contributed by atoms with van der Waals surface area (Å²) in [5.74, 6) is 0. The average Bonchev–Trinajstić information content (AvgIpc) is 2.42. The molecule has 5 heteroatoms. The number of pyridine rings is 1. The van der Waals surface area contributed by atoms with Gasteiger partial charge in [0.15, 0.2) is 0 Å². The Labute approximate surface area is 127 Å². The summed E-state index contributed by atoms with van der Waals surface area (Å²) in [6.45, 7) is 2.50. The van der Waals surface area contributed by atoms with Crippen LogP contribution in [-0.2, 0) is 6.54 Å². The second-order valence-corrected chi connectivity index (χ2v) is 5.17. The van der Waals surface area contributed by atoms with Gasteiger partial charge in [-0.15, -0.1) is 0 Å². The van der Waals surface area contributed by atoms with Crippen molar-refractivity contribution in [3.05, 3.63) is 56.3 Å². The predicted molar refractivity (Wildman–Crippen MR) is 81.2 cm³/mol. The molecule has 0 aliphatic carbocycles. The second kappa shape index (κ2) is 6.13. The summed E-state index contributed by atoms with van der Waals surface area (Å²) in [5.41, 5.74) is 1.26. The first-order chi connectivity index (χ1) is 9.58. The number of hydrogen-bond donors (Lipinski definition) is 0. The third-order valence-corrected chi connectivity index (χ3v) is 3.50. The summed E-state index contributed by atoms with van der Waals surface area (Å²) < 4.78 is 1.58. The van der Waals surface area contributed by atoms with Crippen LogP contribution < -0.4 is 5.56 Å². The normalized spacial score (nSPS) is 10.3. The molecule has 102 valence electrons. The first kappa shape index (κ1) is 14.6. The number of rotatable bonds is 3. The number of halogens is 2. The molecule has 1 heterocycles. The Morgan fingerprint density at radius 2 is 2.00 bits per heavy atom. The van der Waals surface area contributed by atoms with Crippen LogP contribution in [0.2, 0.25) is 10.0 Å². The van der Waals surface area contributed by atoms with E-state index in [4.69, 9.17) is 28.5 Å². The maximum absolute atomic E-state index is 12.2. The number of nitriles is 1. The van der Waals surface area contributed by atoms with Crippen molar-refractivity contribution in [3.63, 3.8) is 0 Å². The molecule has 0 amide bonds. The lowest BCUT2D eigenvalue weighted by Crippen LogP contribution is -2.24. The summed E-state index contributed by atoms with van der Waals surface area (Å²) in [6.07, 6.45) is 0.785. The molecule has 0 unspecified atom stereocenters. The summed E-state index contributed by atoms with van der Waals surface area (Å²) in [4.78, 5) is 12.2.